The third-order valence-electron chi connectivity index (χ3n) is 6.72. The van der Waals surface area contributed by atoms with Crippen LogP contribution in [0.15, 0.2) is 24.3 Å². The summed E-state index contributed by atoms with van der Waals surface area (Å²) in [7, 11) is 2.02. The van der Waals surface area contributed by atoms with Crippen LogP contribution in [0.4, 0.5) is 0 Å². The van der Waals surface area contributed by atoms with Crippen molar-refractivity contribution in [3.05, 3.63) is 35.4 Å². The molecule has 0 radical (unpaired) electrons. The number of hydrogen-bond acceptors (Lipinski definition) is 5. The zero-order valence-corrected chi connectivity index (χ0v) is 16.5. The van der Waals surface area contributed by atoms with Gasteiger partial charge in [-0.25, -0.2) is 0 Å². The normalized spacial score (nSPS) is 32.9. The maximum absolute atomic E-state index is 12.9. The predicted octanol–water partition coefficient (Wildman–Crippen LogP) is 0.825. The summed E-state index contributed by atoms with van der Waals surface area (Å²) >= 11 is 0. The molecule has 0 aromatic heterocycles. The van der Waals surface area contributed by atoms with E-state index in [1.165, 1.54) is 11.1 Å². The average Bonchev–Trinajstić information content (AvgIpc) is 3.27. The monoisotopic (exact) mass is 371 g/mol. The smallest absolute Gasteiger partial charge is 0.239 e. The van der Waals surface area contributed by atoms with Gasteiger partial charge < -0.3 is 10.6 Å². The highest BCUT2D eigenvalue weighted by molar-refractivity contribution is 5.82. The number of nitrogens with two attached hydrogens (primary N) is 1. The number of hydrogen-bond donors (Lipinski definition) is 3. The Balaban J connectivity index is 1.37. The fraction of sp³-hybridized carbons (Fsp3) is 0.667. The minimum Gasteiger partial charge on any atom is -0.341 e. The third kappa shape index (κ3) is 3.90. The first-order valence-corrected chi connectivity index (χ1v) is 10.3. The number of nitrogens with zero attached hydrogens (tertiary/aromatic N) is 2. The summed E-state index contributed by atoms with van der Waals surface area (Å²) in [6.45, 7) is 5.68. The first kappa shape index (κ1) is 18.9. The van der Waals surface area contributed by atoms with E-state index in [4.69, 9.17) is 5.73 Å². The molecule has 4 atom stereocenters. The summed E-state index contributed by atoms with van der Waals surface area (Å²) in [4.78, 5) is 17.1. The number of carbonyl (C=O) groups excluding carboxylic acids is 1. The number of amides is 1. The van der Waals surface area contributed by atoms with Gasteiger partial charge in [0.2, 0.25) is 5.91 Å². The second-order valence-electron chi connectivity index (χ2n) is 8.69. The Morgan fingerprint density at radius 2 is 2.04 bits per heavy atom. The molecule has 0 saturated carbocycles. The van der Waals surface area contributed by atoms with E-state index in [0.29, 0.717) is 17.9 Å². The Morgan fingerprint density at radius 3 is 2.70 bits per heavy atom. The van der Waals surface area contributed by atoms with Gasteiger partial charge in [0.1, 0.15) is 0 Å². The van der Waals surface area contributed by atoms with Crippen LogP contribution < -0.4 is 16.6 Å². The zero-order chi connectivity index (χ0) is 19.0. The lowest BCUT2D eigenvalue weighted by molar-refractivity contribution is -0.137. The fourth-order valence-electron chi connectivity index (χ4n) is 5.20. The van der Waals surface area contributed by atoms with Crippen molar-refractivity contribution >= 4 is 5.91 Å². The van der Waals surface area contributed by atoms with Crippen molar-refractivity contribution in [3.63, 3.8) is 0 Å². The van der Waals surface area contributed by atoms with Crippen molar-refractivity contribution in [1.29, 1.82) is 0 Å². The van der Waals surface area contributed by atoms with E-state index in [9.17, 15) is 4.79 Å². The summed E-state index contributed by atoms with van der Waals surface area (Å²) in [6, 6.07) is 9.41. The lowest BCUT2D eigenvalue weighted by atomic mass is 9.80. The topological polar surface area (TPSA) is 73.6 Å². The first-order chi connectivity index (χ1) is 13.0. The van der Waals surface area contributed by atoms with Crippen molar-refractivity contribution < 1.29 is 4.79 Å². The number of likely N-dealkylation sites (N-methyl/N-ethyl adjacent to an activating group) is 1. The molecule has 1 amide bonds. The number of hydrazine groups is 1. The standard InChI is InChI=1S/C21H33N5O/c1-14-4-3-5-16(10-14)18-12-23-24-20(18)15-6-8-26(9-7-15)21(27)19-11-17(22)13-25(19)2/h3-5,10,15,17-20,23-24H,6-9,11-13,22H2,1-2H3/t17-,18?,19-,20?/m0/s1. The van der Waals surface area contributed by atoms with Gasteiger partial charge in [-0.2, -0.15) is 0 Å². The predicted molar refractivity (Wildman–Crippen MR) is 107 cm³/mol. The van der Waals surface area contributed by atoms with E-state index >= 15 is 0 Å². The molecule has 27 heavy (non-hydrogen) atoms. The van der Waals surface area contributed by atoms with Crippen LogP contribution in [-0.2, 0) is 4.79 Å². The fourth-order valence-corrected chi connectivity index (χ4v) is 5.20. The molecule has 4 N–H and O–H groups in total. The Kier molecular flexibility index (Phi) is 5.50. The van der Waals surface area contributed by atoms with Crippen LogP contribution in [-0.4, -0.2) is 67.1 Å². The molecule has 2 unspecified atom stereocenters. The Hall–Kier alpha value is -1.47. The van der Waals surface area contributed by atoms with Crippen molar-refractivity contribution in [3.8, 4) is 0 Å². The number of benzene rings is 1. The van der Waals surface area contributed by atoms with E-state index < -0.39 is 0 Å². The SMILES string of the molecule is Cc1cccc(C2CNNC2C2CCN(C(=O)[C@@H]3C[C@H](N)CN3C)CC2)c1. The Morgan fingerprint density at radius 1 is 1.26 bits per heavy atom. The molecule has 1 aromatic carbocycles. The van der Waals surface area contributed by atoms with E-state index in [1.807, 2.05) is 7.05 Å². The number of rotatable bonds is 3. The number of nitrogens with one attached hydrogen (secondary N) is 2. The Bertz CT molecular complexity index is 672. The van der Waals surface area contributed by atoms with Gasteiger partial charge in [0, 0.05) is 44.2 Å². The summed E-state index contributed by atoms with van der Waals surface area (Å²) in [6.07, 6.45) is 2.92. The highest BCUT2D eigenvalue weighted by Crippen LogP contribution is 2.33. The van der Waals surface area contributed by atoms with Crippen LogP contribution in [0.5, 0.6) is 0 Å². The van der Waals surface area contributed by atoms with Crippen LogP contribution >= 0.6 is 0 Å². The largest absolute Gasteiger partial charge is 0.341 e. The molecule has 0 bridgehead atoms. The van der Waals surface area contributed by atoms with Gasteiger partial charge >= 0.3 is 0 Å². The summed E-state index contributed by atoms with van der Waals surface area (Å²) in [5.74, 6) is 1.37. The third-order valence-corrected chi connectivity index (χ3v) is 6.72. The molecule has 3 saturated heterocycles. The maximum Gasteiger partial charge on any atom is 0.239 e. The van der Waals surface area contributed by atoms with Gasteiger partial charge in [-0.3, -0.25) is 20.5 Å². The van der Waals surface area contributed by atoms with E-state index in [1.54, 1.807) is 0 Å². The second kappa shape index (κ2) is 7.87. The van der Waals surface area contributed by atoms with E-state index in [-0.39, 0.29) is 18.0 Å². The van der Waals surface area contributed by atoms with Gasteiger partial charge in [0.05, 0.1) is 6.04 Å². The van der Waals surface area contributed by atoms with E-state index in [2.05, 4.69) is 51.8 Å². The maximum atomic E-state index is 12.9. The number of aryl methyl sites for hydroxylation is 1. The average molecular weight is 372 g/mol. The molecule has 3 aliphatic heterocycles. The molecule has 0 spiro atoms. The zero-order valence-electron chi connectivity index (χ0n) is 16.5. The minimum absolute atomic E-state index is 0.0251. The highest BCUT2D eigenvalue weighted by atomic mass is 16.2. The van der Waals surface area contributed by atoms with Crippen molar-refractivity contribution in [1.82, 2.24) is 20.7 Å². The molecule has 4 rings (SSSR count). The second-order valence-corrected chi connectivity index (χ2v) is 8.69. The number of piperidine rings is 1. The molecule has 0 aliphatic carbocycles. The quantitative estimate of drug-likeness (QED) is 0.734. The Labute approximate surface area is 162 Å². The molecule has 3 heterocycles. The van der Waals surface area contributed by atoms with Gasteiger partial charge in [0.15, 0.2) is 0 Å². The van der Waals surface area contributed by atoms with Crippen LogP contribution in [0.3, 0.4) is 0 Å². The number of likely N-dealkylation sites (tertiary alicyclic amines) is 2. The summed E-state index contributed by atoms with van der Waals surface area (Å²) < 4.78 is 0. The lowest BCUT2D eigenvalue weighted by Gasteiger charge is -2.38. The molecule has 3 aliphatic rings. The van der Waals surface area contributed by atoms with Crippen LogP contribution in [0.2, 0.25) is 0 Å². The van der Waals surface area contributed by atoms with Crippen molar-refractivity contribution in [2.24, 2.45) is 11.7 Å². The van der Waals surface area contributed by atoms with Gasteiger partial charge in [-0.05, 0) is 44.7 Å². The van der Waals surface area contributed by atoms with E-state index in [0.717, 1.165) is 45.4 Å². The molecular weight excluding hydrogens is 338 g/mol. The molecule has 6 heteroatoms. The molecule has 6 nitrogen and oxygen atoms in total. The minimum atomic E-state index is -0.0251. The first-order valence-electron chi connectivity index (χ1n) is 10.3. The van der Waals surface area contributed by atoms with Crippen molar-refractivity contribution in [2.75, 3.05) is 33.2 Å². The van der Waals surface area contributed by atoms with Gasteiger partial charge in [0.25, 0.3) is 0 Å². The summed E-state index contributed by atoms with van der Waals surface area (Å²) in [5.41, 5.74) is 15.7. The number of carbonyl (C=O) groups is 1. The molecular formula is C21H33N5O. The van der Waals surface area contributed by atoms with Gasteiger partial charge in [-0.1, -0.05) is 29.8 Å². The van der Waals surface area contributed by atoms with Crippen molar-refractivity contribution in [2.45, 2.75) is 50.2 Å². The lowest BCUT2D eigenvalue weighted by Crippen LogP contribution is -2.50. The highest BCUT2D eigenvalue weighted by Gasteiger charge is 2.39. The molecule has 3 fully saturated rings. The van der Waals surface area contributed by atoms with Crippen LogP contribution in [0.1, 0.15) is 36.3 Å². The molecule has 148 valence electrons. The summed E-state index contributed by atoms with van der Waals surface area (Å²) in [5, 5.41) is 0. The van der Waals surface area contributed by atoms with Gasteiger partial charge in [-0.15, -0.1) is 0 Å². The van der Waals surface area contributed by atoms with Crippen LogP contribution in [0, 0.1) is 12.8 Å². The molecule has 1 aromatic rings. The van der Waals surface area contributed by atoms with Crippen LogP contribution in [0.25, 0.3) is 0 Å².